The molecule has 0 spiro atoms. The SMILES string of the molecule is O=C([O-])C1CCN(C(=O)CCCN2C(=O)/C(=C\c3ccco3)SC2=S)CC1. The Morgan fingerprint density at radius 2 is 2.11 bits per heavy atom. The van der Waals surface area contributed by atoms with E-state index in [0.717, 1.165) is 0 Å². The van der Waals surface area contributed by atoms with Crippen LogP contribution in [0.25, 0.3) is 6.08 Å². The van der Waals surface area contributed by atoms with Crippen LogP contribution in [-0.2, 0) is 14.4 Å². The molecule has 9 heteroatoms. The van der Waals surface area contributed by atoms with Gasteiger partial charge >= 0.3 is 0 Å². The largest absolute Gasteiger partial charge is 0.550 e. The Hall–Kier alpha value is -2.13. The van der Waals surface area contributed by atoms with Crippen LogP contribution >= 0.6 is 24.0 Å². The number of carbonyl (C=O) groups is 3. The van der Waals surface area contributed by atoms with Gasteiger partial charge in [-0.3, -0.25) is 14.5 Å². The quantitative estimate of drug-likeness (QED) is 0.517. The van der Waals surface area contributed by atoms with Crippen molar-refractivity contribution in [1.29, 1.82) is 0 Å². The topological polar surface area (TPSA) is 93.9 Å². The first-order valence-corrected chi connectivity index (χ1v) is 9.95. The number of carbonyl (C=O) groups excluding carboxylic acids is 3. The summed E-state index contributed by atoms with van der Waals surface area (Å²) < 4.78 is 5.69. The molecule has 3 rings (SSSR count). The van der Waals surface area contributed by atoms with Gasteiger partial charge in [-0.2, -0.15) is 0 Å². The average molecular weight is 407 g/mol. The first-order valence-electron chi connectivity index (χ1n) is 8.73. The molecule has 2 saturated heterocycles. The zero-order valence-electron chi connectivity index (χ0n) is 14.6. The van der Waals surface area contributed by atoms with Gasteiger partial charge in [0.25, 0.3) is 5.91 Å². The minimum absolute atomic E-state index is 0.0247. The lowest BCUT2D eigenvalue weighted by Gasteiger charge is -2.32. The number of piperidine rings is 1. The molecule has 0 aliphatic carbocycles. The molecule has 0 atom stereocenters. The second-order valence-electron chi connectivity index (χ2n) is 6.43. The minimum Gasteiger partial charge on any atom is -0.550 e. The van der Waals surface area contributed by atoms with Crippen molar-refractivity contribution < 1.29 is 23.9 Å². The number of aliphatic carboxylic acids is 1. The molecule has 7 nitrogen and oxygen atoms in total. The Balaban J connectivity index is 1.46. The number of nitrogens with zero attached hydrogens (tertiary/aromatic N) is 2. The third kappa shape index (κ3) is 4.78. The van der Waals surface area contributed by atoms with Crippen molar-refractivity contribution in [2.45, 2.75) is 25.7 Å². The summed E-state index contributed by atoms with van der Waals surface area (Å²) in [6, 6.07) is 3.50. The summed E-state index contributed by atoms with van der Waals surface area (Å²) in [5.74, 6) is -1.12. The van der Waals surface area contributed by atoms with Crippen LogP contribution in [0, 0.1) is 5.92 Å². The predicted octanol–water partition coefficient (Wildman–Crippen LogP) is 1.25. The summed E-state index contributed by atoms with van der Waals surface area (Å²) >= 11 is 6.49. The van der Waals surface area contributed by atoms with Crippen LogP contribution in [0.5, 0.6) is 0 Å². The van der Waals surface area contributed by atoms with Crippen LogP contribution in [0.2, 0.25) is 0 Å². The second kappa shape index (κ2) is 8.71. The fourth-order valence-corrected chi connectivity index (χ4v) is 4.40. The number of likely N-dealkylation sites (tertiary alicyclic amines) is 1. The maximum Gasteiger partial charge on any atom is 0.266 e. The number of rotatable bonds is 6. The first kappa shape index (κ1) is 19.6. The summed E-state index contributed by atoms with van der Waals surface area (Å²) in [7, 11) is 0. The highest BCUT2D eigenvalue weighted by molar-refractivity contribution is 8.26. The number of thioether (sulfide) groups is 1. The fourth-order valence-electron chi connectivity index (χ4n) is 3.11. The van der Waals surface area contributed by atoms with Gasteiger partial charge in [-0.15, -0.1) is 0 Å². The van der Waals surface area contributed by atoms with Crippen molar-refractivity contribution in [1.82, 2.24) is 9.80 Å². The van der Waals surface area contributed by atoms with Gasteiger partial charge < -0.3 is 19.2 Å². The number of amides is 2. The summed E-state index contributed by atoms with van der Waals surface area (Å²) in [4.78, 5) is 39.3. The van der Waals surface area contributed by atoms with Crippen LogP contribution < -0.4 is 5.11 Å². The molecule has 0 unspecified atom stereocenters. The Morgan fingerprint density at radius 1 is 1.37 bits per heavy atom. The van der Waals surface area contributed by atoms with Crippen molar-refractivity contribution in [2.24, 2.45) is 5.92 Å². The molecule has 0 aromatic carbocycles. The molecule has 144 valence electrons. The lowest BCUT2D eigenvalue weighted by Crippen LogP contribution is -2.43. The molecule has 0 bridgehead atoms. The third-order valence-electron chi connectivity index (χ3n) is 4.64. The second-order valence-corrected chi connectivity index (χ2v) is 8.10. The van der Waals surface area contributed by atoms with Gasteiger partial charge in [0, 0.05) is 44.0 Å². The Bertz CT molecular complexity index is 767. The maximum absolute atomic E-state index is 12.5. The van der Waals surface area contributed by atoms with Gasteiger partial charge in [0.05, 0.1) is 11.2 Å². The molecule has 0 radical (unpaired) electrons. The van der Waals surface area contributed by atoms with Crippen LogP contribution in [-0.4, -0.2) is 51.5 Å². The fraction of sp³-hybridized carbons (Fsp3) is 0.444. The van der Waals surface area contributed by atoms with E-state index in [9.17, 15) is 19.5 Å². The molecule has 2 aliphatic rings. The van der Waals surface area contributed by atoms with Gasteiger partial charge in [-0.05, 0) is 31.4 Å². The Kier molecular flexibility index (Phi) is 6.33. The van der Waals surface area contributed by atoms with Gasteiger partial charge in [0.1, 0.15) is 10.1 Å². The molecular weight excluding hydrogens is 388 g/mol. The minimum atomic E-state index is -1.04. The maximum atomic E-state index is 12.5. The van der Waals surface area contributed by atoms with E-state index in [-0.39, 0.29) is 11.8 Å². The van der Waals surface area contributed by atoms with Crippen molar-refractivity contribution in [2.75, 3.05) is 19.6 Å². The van der Waals surface area contributed by atoms with Crippen molar-refractivity contribution in [3.63, 3.8) is 0 Å². The van der Waals surface area contributed by atoms with Gasteiger partial charge in [0.15, 0.2) is 0 Å². The molecule has 1 aromatic heterocycles. The van der Waals surface area contributed by atoms with E-state index in [0.29, 0.717) is 60.3 Å². The van der Waals surface area contributed by atoms with Gasteiger partial charge in [-0.25, -0.2) is 0 Å². The molecule has 2 aliphatic heterocycles. The van der Waals surface area contributed by atoms with E-state index in [1.54, 1.807) is 23.1 Å². The van der Waals surface area contributed by atoms with E-state index in [1.165, 1.54) is 22.9 Å². The highest BCUT2D eigenvalue weighted by Crippen LogP contribution is 2.32. The third-order valence-corrected chi connectivity index (χ3v) is 6.02. The zero-order chi connectivity index (χ0) is 19.4. The number of hydrogen-bond donors (Lipinski definition) is 0. The van der Waals surface area contributed by atoms with Crippen LogP contribution in [0.15, 0.2) is 27.7 Å². The van der Waals surface area contributed by atoms with Crippen LogP contribution in [0.3, 0.4) is 0 Å². The van der Waals surface area contributed by atoms with Crippen molar-refractivity contribution in [3.8, 4) is 0 Å². The number of hydrogen-bond acceptors (Lipinski definition) is 7. The van der Waals surface area contributed by atoms with Crippen LogP contribution in [0.1, 0.15) is 31.4 Å². The van der Waals surface area contributed by atoms with Crippen LogP contribution in [0.4, 0.5) is 0 Å². The molecule has 2 amide bonds. The lowest BCUT2D eigenvalue weighted by molar-refractivity contribution is -0.312. The van der Waals surface area contributed by atoms with E-state index >= 15 is 0 Å². The number of furan rings is 1. The lowest BCUT2D eigenvalue weighted by atomic mass is 9.97. The molecule has 27 heavy (non-hydrogen) atoms. The molecule has 2 fully saturated rings. The smallest absolute Gasteiger partial charge is 0.266 e. The standard InChI is InChI=1S/C18H20N2O5S2/c21-15(19-8-5-12(6-9-19)17(23)24)4-1-7-20-16(22)14(27-18(20)26)11-13-3-2-10-25-13/h2-3,10-12H,1,4-9H2,(H,23,24)/p-1/b14-11+. The molecular formula is C18H19N2O5S2-. The summed E-state index contributed by atoms with van der Waals surface area (Å²) in [6.45, 7) is 1.25. The van der Waals surface area contributed by atoms with E-state index in [1.807, 2.05) is 0 Å². The van der Waals surface area contributed by atoms with Gasteiger partial charge in [-0.1, -0.05) is 24.0 Å². The van der Waals surface area contributed by atoms with E-state index in [2.05, 4.69) is 0 Å². The number of carboxylic acid groups (broad SMARTS) is 1. The van der Waals surface area contributed by atoms with Crippen molar-refractivity contribution >= 4 is 52.2 Å². The molecule has 3 heterocycles. The zero-order valence-corrected chi connectivity index (χ0v) is 16.2. The molecule has 0 N–H and O–H groups in total. The summed E-state index contributed by atoms with van der Waals surface area (Å²) in [5.41, 5.74) is 0. The summed E-state index contributed by atoms with van der Waals surface area (Å²) in [5, 5.41) is 10.9. The Labute approximate surface area is 166 Å². The van der Waals surface area contributed by atoms with E-state index < -0.39 is 11.9 Å². The highest BCUT2D eigenvalue weighted by Gasteiger charge is 2.32. The number of thiocarbonyl (C=S) groups is 1. The summed E-state index contributed by atoms with van der Waals surface area (Å²) in [6.07, 6.45) is 4.85. The number of carboxylic acids is 1. The Morgan fingerprint density at radius 3 is 2.74 bits per heavy atom. The monoisotopic (exact) mass is 407 g/mol. The first-order chi connectivity index (χ1) is 13.0. The van der Waals surface area contributed by atoms with E-state index in [4.69, 9.17) is 16.6 Å². The van der Waals surface area contributed by atoms with Gasteiger partial charge in [0.2, 0.25) is 5.91 Å². The van der Waals surface area contributed by atoms with Crippen molar-refractivity contribution in [3.05, 3.63) is 29.1 Å². The highest BCUT2D eigenvalue weighted by atomic mass is 32.2. The molecule has 0 saturated carbocycles. The normalized spacial score (nSPS) is 19.9. The molecule has 1 aromatic rings. The predicted molar refractivity (Wildman–Crippen MR) is 102 cm³/mol. The average Bonchev–Trinajstić information content (AvgIpc) is 3.25.